The Kier molecular flexibility index (Phi) is 5.40. The number of hydrogen-bond donors (Lipinski definition) is 2. The van der Waals surface area contributed by atoms with Crippen molar-refractivity contribution >= 4 is 11.9 Å². The van der Waals surface area contributed by atoms with E-state index < -0.39 is 5.97 Å². The Morgan fingerprint density at radius 1 is 1.35 bits per heavy atom. The van der Waals surface area contributed by atoms with Crippen LogP contribution in [0.25, 0.3) is 0 Å². The highest BCUT2D eigenvalue weighted by Crippen LogP contribution is 2.28. The molecule has 0 bridgehead atoms. The molecule has 1 atom stereocenters. The number of nitrogens with zero attached hydrogens (tertiary/aromatic N) is 2. The van der Waals surface area contributed by atoms with Crippen molar-refractivity contribution in [3.05, 3.63) is 52.3 Å². The largest absolute Gasteiger partial charge is 0.478 e. The van der Waals surface area contributed by atoms with Gasteiger partial charge in [0, 0.05) is 37.5 Å². The maximum atomic E-state index is 12.6. The highest BCUT2D eigenvalue weighted by molar-refractivity contribution is 5.87. The minimum absolute atomic E-state index is 0.143. The second-order valence-electron chi connectivity index (χ2n) is 7.03. The summed E-state index contributed by atoms with van der Waals surface area (Å²) in [6.45, 7) is 5.42. The van der Waals surface area contributed by atoms with Crippen LogP contribution in [0.3, 0.4) is 0 Å². The fourth-order valence-electron chi connectivity index (χ4n) is 3.56. The molecule has 138 valence electrons. The van der Waals surface area contributed by atoms with E-state index in [-0.39, 0.29) is 11.8 Å². The van der Waals surface area contributed by atoms with Gasteiger partial charge in [-0.2, -0.15) is 5.10 Å². The number of H-pyrrole nitrogens is 1. The van der Waals surface area contributed by atoms with Crippen molar-refractivity contribution in [3.63, 3.8) is 0 Å². The van der Waals surface area contributed by atoms with Gasteiger partial charge in [-0.05, 0) is 49.9 Å². The second kappa shape index (κ2) is 7.72. The van der Waals surface area contributed by atoms with Crippen LogP contribution < -0.4 is 0 Å². The maximum absolute atomic E-state index is 12.6. The first-order valence-corrected chi connectivity index (χ1v) is 9.07. The summed E-state index contributed by atoms with van der Waals surface area (Å²) in [6, 6.07) is 7.08. The lowest BCUT2D eigenvalue weighted by molar-refractivity contribution is -0.132. The third-order valence-corrected chi connectivity index (χ3v) is 5.31. The molecular weight excluding hydrogens is 330 g/mol. The molecule has 2 aromatic rings. The van der Waals surface area contributed by atoms with Gasteiger partial charge in [0.25, 0.3) is 0 Å². The lowest BCUT2D eigenvalue weighted by Gasteiger charge is -2.33. The Morgan fingerprint density at radius 3 is 2.85 bits per heavy atom. The van der Waals surface area contributed by atoms with E-state index in [1.54, 1.807) is 18.2 Å². The number of aromatic amines is 1. The number of benzene rings is 1. The minimum atomic E-state index is -0.916. The van der Waals surface area contributed by atoms with Crippen LogP contribution in [0.1, 0.15) is 58.1 Å². The number of hydrogen-bond acceptors (Lipinski definition) is 3. The van der Waals surface area contributed by atoms with Gasteiger partial charge in [-0.3, -0.25) is 9.89 Å². The highest BCUT2D eigenvalue weighted by Gasteiger charge is 2.25. The van der Waals surface area contributed by atoms with Gasteiger partial charge in [0.2, 0.25) is 5.91 Å². The first-order chi connectivity index (χ1) is 12.5. The summed E-state index contributed by atoms with van der Waals surface area (Å²) in [7, 11) is 0. The van der Waals surface area contributed by atoms with Gasteiger partial charge in [0.15, 0.2) is 0 Å². The predicted octanol–water partition coefficient (Wildman–Crippen LogP) is 3.06. The number of piperidine rings is 1. The molecule has 6 heteroatoms. The molecule has 1 saturated heterocycles. The summed E-state index contributed by atoms with van der Waals surface area (Å²) >= 11 is 0. The van der Waals surface area contributed by atoms with Crippen molar-refractivity contribution in [2.24, 2.45) is 0 Å². The van der Waals surface area contributed by atoms with Crippen LogP contribution in [-0.4, -0.2) is 45.2 Å². The van der Waals surface area contributed by atoms with Crippen molar-refractivity contribution in [1.29, 1.82) is 0 Å². The van der Waals surface area contributed by atoms with E-state index in [9.17, 15) is 14.7 Å². The van der Waals surface area contributed by atoms with Crippen LogP contribution in [0.15, 0.2) is 24.3 Å². The number of carbonyl (C=O) groups is 2. The molecule has 1 fully saturated rings. The number of aromatic carboxylic acids is 1. The Bertz CT molecular complexity index is 812. The Labute approximate surface area is 153 Å². The average molecular weight is 355 g/mol. The topological polar surface area (TPSA) is 86.3 Å². The molecule has 2 heterocycles. The van der Waals surface area contributed by atoms with Gasteiger partial charge < -0.3 is 10.0 Å². The molecule has 0 saturated carbocycles. The molecule has 1 aromatic carbocycles. The van der Waals surface area contributed by atoms with E-state index in [2.05, 4.69) is 10.2 Å². The van der Waals surface area contributed by atoms with Gasteiger partial charge >= 0.3 is 5.97 Å². The summed E-state index contributed by atoms with van der Waals surface area (Å²) in [6.07, 6.45) is 3.01. The van der Waals surface area contributed by atoms with Crippen molar-refractivity contribution in [3.8, 4) is 0 Å². The van der Waals surface area contributed by atoms with E-state index in [1.807, 2.05) is 24.8 Å². The average Bonchev–Trinajstić information content (AvgIpc) is 2.98. The van der Waals surface area contributed by atoms with E-state index in [4.69, 9.17) is 0 Å². The third-order valence-electron chi connectivity index (χ3n) is 5.31. The van der Waals surface area contributed by atoms with E-state index in [0.29, 0.717) is 24.9 Å². The van der Waals surface area contributed by atoms with Crippen LogP contribution >= 0.6 is 0 Å². The molecule has 1 aliphatic heterocycles. The zero-order valence-corrected chi connectivity index (χ0v) is 15.3. The monoisotopic (exact) mass is 355 g/mol. The van der Waals surface area contributed by atoms with Crippen LogP contribution in [0.2, 0.25) is 0 Å². The van der Waals surface area contributed by atoms with Crippen molar-refractivity contribution in [2.75, 3.05) is 13.1 Å². The summed E-state index contributed by atoms with van der Waals surface area (Å²) in [4.78, 5) is 25.7. The van der Waals surface area contributed by atoms with Gasteiger partial charge in [-0.25, -0.2) is 4.79 Å². The van der Waals surface area contributed by atoms with Crippen LogP contribution in [0.5, 0.6) is 0 Å². The Hall–Kier alpha value is -2.63. The number of likely N-dealkylation sites (tertiary alicyclic amines) is 1. The van der Waals surface area contributed by atoms with Crippen molar-refractivity contribution < 1.29 is 14.7 Å². The number of nitrogens with one attached hydrogen (secondary N) is 1. The fraction of sp³-hybridized carbons (Fsp3) is 0.450. The van der Waals surface area contributed by atoms with Crippen molar-refractivity contribution in [1.82, 2.24) is 15.1 Å². The second-order valence-corrected chi connectivity index (χ2v) is 7.03. The molecular formula is C20H25N3O3. The van der Waals surface area contributed by atoms with Gasteiger partial charge in [-0.15, -0.1) is 0 Å². The molecule has 26 heavy (non-hydrogen) atoms. The summed E-state index contributed by atoms with van der Waals surface area (Å²) in [5.74, 6) is -0.578. The molecule has 0 aliphatic carbocycles. The maximum Gasteiger partial charge on any atom is 0.335 e. The highest BCUT2D eigenvalue weighted by atomic mass is 16.4. The third kappa shape index (κ3) is 3.95. The van der Waals surface area contributed by atoms with Gasteiger partial charge in [0.05, 0.1) is 11.3 Å². The quantitative estimate of drug-likeness (QED) is 0.863. The first-order valence-electron chi connectivity index (χ1n) is 9.07. The van der Waals surface area contributed by atoms with Crippen LogP contribution in [0, 0.1) is 13.8 Å². The molecule has 0 radical (unpaired) electrons. The number of carbonyl (C=O) groups excluding carboxylic acids is 1. The smallest absolute Gasteiger partial charge is 0.335 e. The number of aromatic nitrogens is 2. The summed E-state index contributed by atoms with van der Waals surface area (Å²) in [5.41, 5.74) is 4.43. The Balaban J connectivity index is 1.62. The minimum Gasteiger partial charge on any atom is -0.478 e. The summed E-state index contributed by atoms with van der Waals surface area (Å²) < 4.78 is 0. The molecule has 1 amide bonds. The molecule has 3 rings (SSSR count). The molecule has 1 aliphatic rings. The van der Waals surface area contributed by atoms with Crippen LogP contribution in [-0.2, 0) is 11.2 Å². The molecule has 2 N–H and O–H groups in total. The van der Waals surface area contributed by atoms with Crippen LogP contribution in [0.4, 0.5) is 0 Å². The normalized spacial score (nSPS) is 17.3. The standard InChI is InChI=1S/C20H25N3O3/c1-13-14(2)21-22-18(13)8-9-19(24)23-10-4-7-17(12-23)15-5-3-6-16(11-15)20(25)26/h3,5-6,11,17H,4,7-10,12H2,1-2H3,(H,21,22)(H,25,26). The SMILES string of the molecule is Cc1[nH]nc(CCC(=O)N2CCCC(c3cccc(C(=O)O)c3)C2)c1C. The number of aryl methyl sites for hydroxylation is 2. The van der Waals surface area contributed by atoms with E-state index in [1.165, 1.54) is 0 Å². The zero-order chi connectivity index (χ0) is 18.7. The number of amides is 1. The molecule has 6 nitrogen and oxygen atoms in total. The van der Waals surface area contributed by atoms with Gasteiger partial charge in [0.1, 0.15) is 0 Å². The van der Waals surface area contributed by atoms with Gasteiger partial charge in [-0.1, -0.05) is 12.1 Å². The number of carboxylic acids is 1. The molecule has 1 unspecified atom stereocenters. The fourth-order valence-corrected chi connectivity index (χ4v) is 3.56. The first kappa shape index (κ1) is 18.2. The number of carboxylic acid groups (broad SMARTS) is 1. The van der Waals surface area contributed by atoms with E-state index >= 15 is 0 Å². The van der Waals surface area contributed by atoms with Crippen molar-refractivity contribution in [2.45, 2.75) is 45.4 Å². The molecule has 0 spiro atoms. The zero-order valence-electron chi connectivity index (χ0n) is 15.3. The Morgan fingerprint density at radius 2 is 2.15 bits per heavy atom. The summed E-state index contributed by atoms with van der Waals surface area (Å²) in [5, 5.41) is 16.4. The predicted molar refractivity (Wildman–Crippen MR) is 98.3 cm³/mol. The lowest BCUT2D eigenvalue weighted by Crippen LogP contribution is -2.39. The van der Waals surface area contributed by atoms with E-state index in [0.717, 1.165) is 41.9 Å². The lowest BCUT2D eigenvalue weighted by atomic mass is 9.89. The molecule has 1 aromatic heterocycles. The number of rotatable bonds is 5.